The van der Waals surface area contributed by atoms with Gasteiger partial charge in [-0.1, -0.05) is 46.4 Å². The molecule has 170 valence electrons. The lowest BCUT2D eigenvalue weighted by Gasteiger charge is -2.46. The maximum absolute atomic E-state index is 12.7. The summed E-state index contributed by atoms with van der Waals surface area (Å²) >= 11 is 24.2. The van der Waals surface area contributed by atoms with Crippen LogP contribution in [-0.4, -0.2) is 46.4 Å². The normalized spacial score (nSPS) is 20.2. The zero-order valence-electron chi connectivity index (χ0n) is 17.6. The fraction of sp³-hybridized carbons (Fsp3) is 0.550. The molecule has 2 aliphatic heterocycles. The molecule has 0 atom stereocenters. The maximum Gasteiger partial charge on any atom is 0.282 e. The van der Waals surface area contributed by atoms with Gasteiger partial charge < -0.3 is 10.6 Å². The Morgan fingerprint density at radius 2 is 1.39 bits per heavy atom. The van der Waals surface area contributed by atoms with Crippen molar-refractivity contribution in [2.75, 3.05) is 6.54 Å². The van der Waals surface area contributed by atoms with E-state index >= 15 is 0 Å². The van der Waals surface area contributed by atoms with Crippen LogP contribution in [0, 0.1) is 0 Å². The number of benzene rings is 1. The maximum atomic E-state index is 12.7. The summed E-state index contributed by atoms with van der Waals surface area (Å²) in [6.45, 7) is 8.97. The summed E-state index contributed by atoms with van der Waals surface area (Å²) in [5, 5.41) is 6.97. The highest BCUT2D eigenvalue weighted by Gasteiger charge is 2.43. The van der Waals surface area contributed by atoms with Crippen LogP contribution in [0.2, 0.25) is 20.1 Å². The number of amides is 3. The smallest absolute Gasteiger partial charge is 0.282 e. The van der Waals surface area contributed by atoms with Gasteiger partial charge in [0.15, 0.2) is 0 Å². The number of hydrogen-bond acceptors (Lipinski definition) is 5. The molecular weight excluding hydrogens is 486 g/mol. The van der Waals surface area contributed by atoms with E-state index in [1.807, 2.05) is 0 Å². The number of fused-ring (bicyclic) bond motifs is 1. The Labute approximate surface area is 201 Å². The van der Waals surface area contributed by atoms with Crippen LogP contribution in [0.5, 0.6) is 0 Å². The van der Waals surface area contributed by atoms with Gasteiger partial charge in [0.25, 0.3) is 11.8 Å². The molecule has 1 fully saturated rings. The van der Waals surface area contributed by atoms with E-state index in [0.717, 1.165) is 12.8 Å². The summed E-state index contributed by atoms with van der Waals surface area (Å²) < 4.78 is 0. The van der Waals surface area contributed by atoms with Crippen molar-refractivity contribution in [1.82, 2.24) is 21.1 Å². The third kappa shape index (κ3) is 4.97. The van der Waals surface area contributed by atoms with Gasteiger partial charge in [0.2, 0.25) is 5.91 Å². The van der Waals surface area contributed by atoms with E-state index in [9.17, 15) is 14.4 Å². The fourth-order valence-corrected chi connectivity index (χ4v) is 5.50. The first-order valence-electron chi connectivity index (χ1n) is 9.81. The van der Waals surface area contributed by atoms with Crippen LogP contribution >= 0.6 is 46.4 Å². The number of carbonyl (C=O) groups is 3. The number of imide groups is 1. The molecule has 1 aromatic carbocycles. The Balaban J connectivity index is 1.62. The number of carbonyl (C=O) groups excluding carboxylic acids is 3. The summed E-state index contributed by atoms with van der Waals surface area (Å²) in [6.07, 6.45) is 1.89. The van der Waals surface area contributed by atoms with Gasteiger partial charge in [-0.25, -0.2) is 0 Å². The second-order valence-corrected chi connectivity index (χ2v) is 10.7. The molecule has 7 nitrogen and oxygen atoms in total. The highest BCUT2D eigenvalue weighted by atomic mass is 35.5. The average molecular weight is 510 g/mol. The Hall–Kier alpha value is -1.09. The number of hydrogen-bond donors (Lipinski definition) is 3. The molecule has 0 saturated carbocycles. The number of nitrogens with zero attached hydrogens (tertiary/aromatic N) is 1. The third-order valence-corrected chi connectivity index (χ3v) is 7.11. The van der Waals surface area contributed by atoms with E-state index in [0.29, 0.717) is 11.6 Å². The highest BCUT2D eigenvalue weighted by molar-refractivity contribution is 6.55. The van der Waals surface area contributed by atoms with Crippen molar-refractivity contribution in [3.05, 3.63) is 31.2 Å². The predicted molar refractivity (Wildman–Crippen MR) is 122 cm³/mol. The molecule has 1 aromatic rings. The molecule has 1 saturated heterocycles. The molecule has 2 heterocycles. The largest absolute Gasteiger partial charge is 0.313 e. The van der Waals surface area contributed by atoms with E-state index in [4.69, 9.17) is 46.4 Å². The quantitative estimate of drug-likeness (QED) is 0.314. The number of nitrogens with one attached hydrogen (secondary N) is 3. The van der Waals surface area contributed by atoms with E-state index in [1.165, 1.54) is 0 Å². The summed E-state index contributed by atoms with van der Waals surface area (Å²) in [5.74, 6) is -2.12. The number of halogens is 4. The molecule has 3 amide bonds. The van der Waals surface area contributed by atoms with Crippen molar-refractivity contribution < 1.29 is 14.4 Å². The lowest BCUT2D eigenvalue weighted by molar-refractivity contribution is -0.124. The first kappa shape index (κ1) is 24.6. The highest BCUT2D eigenvalue weighted by Crippen LogP contribution is 2.44. The first-order chi connectivity index (χ1) is 14.2. The zero-order chi connectivity index (χ0) is 23.3. The summed E-state index contributed by atoms with van der Waals surface area (Å²) in [6, 6.07) is 0.236. The van der Waals surface area contributed by atoms with Crippen LogP contribution in [0.25, 0.3) is 0 Å². The molecule has 31 heavy (non-hydrogen) atoms. The van der Waals surface area contributed by atoms with Crippen LogP contribution < -0.4 is 16.1 Å². The minimum absolute atomic E-state index is 0.0249. The van der Waals surface area contributed by atoms with Gasteiger partial charge in [0, 0.05) is 30.1 Å². The standard InChI is InChI=1S/C20H24Cl4N4O3/c1-19(2)7-9(8-20(3,4)27-19)25-6-5-10(29)26-28-17(30)11-12(18(28)31)14(22)16(24)15(23)13(11)21/h9,25,27H,5-8H2,1-4H3,(H,26,29). The number of hydrazine groups is 1. The van der Waals surface area contributed by atoms with E-state index in [2.05, 4.69) is 43.8 Å². The minimum Gasteiger partial charge on any atom is -0.313 e. The summed E-state index contributed by atoms with van der Waals surface area (Å²) in [4.78, 5) is 37.7. The van der Waals surface area contributed by atoms with Crippen molar-refractivity contribution in [2.24, 2.45) is 0 Å². The van der Waals surface area contributed by atoms with Gasteiger partial charge >= 0.3 is 0 Å². The van der Waals surface area contributed by atoms with Gasteiger partial charge in [0.1, 0.15) is 0 Å². The van der Waals surface area contributed by atoms with Crippen molar-refractivity contribution in [1.29, 1.82) is 0 Å². The molecule has 0 aliphatic carbocycles. The van der Waals surface area contributed by atoms with Crippen molar-refractivity contribution in [3.63, 3.8) is 0 Å². The van der Waals surface area contributed by atoms with Gasteiger partial charge in [-0.15, -0.1) is 0 Å². The van der Waals surface area contributed by atoms with Gasteiger partial charge in [0.05, 0.1) is 31.2 Å². The van der Waals surface area contributed by atoms with Crippen molar-refractivity contribution in [3.8, 4) is 0 Å². The van der Waals surface area contributed by atoms with E-state index in [-0.39, 0.29) is 54.8 Å². The molecule has 0 radical (unpaired) electrons. The first-order valence-corrected chi connectivity index (χ1v) is 11.3. The van der Waals surface area contributed by atoms with Crippen LogP contribution in [0.15, 0.2) is 0 Å². The second-order valence-electron chi connectivity index (χ2n) is 9.19. The Morgan fingerprint density at radius 3 is 1.84 bits per heavy atom. The van der Waals surface area contributed by atoms with Crippen LogP contribution in [0.3, 0.4) is 0 Å². The number of rotatable bonds is 5. The van der Waals surface area contributed by atoms with Crippen LogP contribution in [0.1, 0.15) is 67.7 Å². The molecule has 3 rings (SSSR count). The Bertz CT molecular complexity index is 901. The molecule has 0 spiro atoms. The van der Waals surface area contributed by atoms with Crippen molar-refractivity contribution >= 4 is 64.1 Å². The lowest BCUT2D eigenvalue weighted by atomic mass is 9.79. The van der Waals surface area contributed by atoms with Gasteiger partial charge in [-0.2, -0.15) is 5.01 Å². The SMILES string of the molecule is CC1(C)CC(NCCC(=O)NN2C(=O)c3c(Cl)c(Cl)c(Cl)c(Cl)c3C2=O)CC(C)(C)N1. The number of piperidine rings is 1. The molecule has 3 N–H and O–H groups in total. The molecular formula is C20H24Cl4N4O3. The molecule has 0 unspecified atom stereocenters. The van der Waals surface area contributed by atoms with E-state index < -0.39 is 17.7 Å². The molecule has 2 aliphatic rings. The molecule has 0 bridgehead atoms. The average Bonchev–Trinajstić information content (AvgIpc) is 2.87. The van der Waals surface area contributed by atoms with E-state index in [1.54, 1.807) is 0 Å². The second kappa shape index (κ2) is 8.69. The summed E-state index contributed by atoms with van der Waals surface area (Å²) in [7, 11) is 0. The van der Waals surface area contributed by atoms with Crippen LogP contribution in [-0.2, 0) is 4.79 Å². The van der Waals surface area contributed by atoms with Crippen molar-refractivity contribution in [2.45, 2.75) is 64.1 Å². The van der Waals surface area contributed by atoms with Gasteiger partial charge in [-0.05, 0) is 40.5 Å². The Kier molecular flexibility index (Phi) is 6.88. The zero-order valence-corrected chi connectivity index (χ0v) is 20.6. The fourth-order valence-electron chi connectivity index (χ4n) is 4.49. The van der Waals surface area contributed by atoms with Crippen LogP contribution in [0.4, 0.5) is 0 Å². The monoisotopic (exact) mass is 508 g/mol. The topological polar surface area (TPSA) is 90.5 Å². The lowest BCUT2D eigenvalue weighted by Crippen LogP contribution is -2.61. The predicted octanol–water partition coefficient (Wildman–Crippen LogP) is 4.22. The Morgan fingerprint density at radius 1 is 0.935 bits per heavy atom. The summed E-state index contributed by atoms with van der Waals surface area (Å²) in [5.41, 5.74) is 1.92. The minimum atomic E-state index is -0.811. The molecule has 0 aromatic heterocycles. The molecule has 11 heteroatoms. The van der Waals surface area contributed by atoms with Gasteiger partial charge in [-0.3, -0.25) is 19.8 Å². The third-order valence-electron chi connectivity index (χ3n) is 5.31.